The van der Waals surface area contributed by atoms with Gasteiger partial charge >= 0.3 is 81.2 Å². The van der Waals surface area contributed by atoms with E-state index in [9.17, 15) is 43.9 Å². The molecule has 0 aromatic carbocycles. The van der Waals surface area contributed by atoms with Crippen LogP contribution in [-0.2, 0) is 0 Å². The van der Waals surface area contributed by atoms with Crippen molar-refractivity contribution in [1.82, 2.24) is 0 Å². The predicted octanol–water partition coefficient (Wildman–Crippen LogP) is 3.00. The van der Waals surface area contributed by atoms with Crippen LogP contribution in [0.1, 0.15) is 0 Å². The Bertz CT molecular complexity index is 199. The van der Waals surface area contributed by atoms with Gasteiger partial charge in [0.05, 0.1) is 0 Å². The molecule has 0 aromatic heterocycles. The van der Waals surface area contributed by atoms with Gasteiger partial charge in [0, 0.05) is 0 Å². The van der Waals surface area contributed by atoms with Gasteiger partial charge in [-0.05, 0) is 0 Å². The summed E-state index contributed by atoms with van der Waals surface area (Å²) in [6, 6.07) is 0. The Labute approximate surface area is 82.1 Å². The summed E-state index contributed by atoms with van der Waals surface area (Å²) in [6.45, 7) is 0. The second-order valence-electron chi connectivity index (χ2n) is 2.27. The van der Waals surface area contributed by atoms with Crippen molar-refractivity contribution in [1.29, 1.82) is 0 Å². The zero-order valence-corrected chi connectivity index (χ0v) is 8.38. The fourth-order valence-electron chi connectivity index (χ4n) is 0.339. The van der Waals surface area contributed by atoms with Crippen molar-refractivity contribution in [3.63, 3.8) is 0 Å². The van der Waals surface area contributed by atoms with Crippen molar-refractivity contribution < 1.29 is 43.9 Å². The van der Waals surface area contributed by atoms with Gasteiger partial charge in [-0.3, -0.25) is 0 Å². The third kappa shape index (κ3) is 3.42. The minimum atomic E-state index is -6.39. The van der Waals surface area contributed by atoms with Crippen molar-refractivity contribution in [3.05, 3.63) is 0 Å². The molecule has 0 unspecified atom stereocenters. The van der Waals surface area contributed by atoms with E-state index in [2.05, 4.69) is 0 Å². The standard InChI is InChI=1S/C4F10Ge/c5-1(6,7)3(11,12)15-4(13,14)2(8,9)10. The van der Waals surface area contributed by atoms with Gasteiger partial charge in [-0.25, -0.2) is 0 Å². The van der Waals surface area contributed by atoms with Crippen molar-refractivity contribution in [2.45, 2.75) is 21.9 Å². The fraction of sp³-hybridized carbons (Fsp3) is 1.00. The average molecular weight is 311 g/mol. The summed E-state index contributed by atoms with van der Waals surface area (Å²) in [5.74, 6) is 0. The van der Waals surface area contributed by atoms with Gasteiger partial charge < -0.3 is 0 Å². The van der Waals surface area contributed by atoms with Gasteiger partial charge in [-0.15, -0.1) is 0 Å². The van der Waals surface area contributed by atoms with E-state index >= 15 is 0 Å². The Hall–Kier alpha value is -0.157. The van der Waals surface area contributed by atoms with Crippen LogP contribution in [0.2, 0.25) is 0 Å². The molecule has 0 aliphatic carbocycles. The van der Waals surface area contributed by atoms with Gasteiger partial charge in [-0.2, -0.15) is 0 Å². The summed E-state index contributed by atoms with van der Waals surface area (Å²) >= 11 is -4.92. The Kier molecular flexibility index (Phi) is 3.66. The molecule has 0 heterocycles. The average Bonchev–Trinajstić information content (AvgIpc) is 1.77. The van der Waals surface area contributed by atoms with E-state index in [1.807, 2.05) is 0 Å². The summed E-state index contributed by atoms with van der Waals surface area (Å²) in [4.78, 5) is 0. The SMILES string of the molecule is FC(F)(F)[C](F)(F)[Ge][C](F)(F)C(F)(F)F. The second kappa shape index (κ2) is 3.70. The summed E-state index contributed by atoms with van der Waals surface area (Å²) in [5, 5.41) is 0. The fourth-order valence-corrected chi connectivity index (χ4v) is 1.76. The van der Waals surface area contributed by atoms with Crippen molar-refractivity contribution in [3.8, 4) is 0 Å². The molecule has 15 heavy (non-hydrogen) atoms. The Morgan fingerprint density at radius 1 is 0.467 bits per heavy atom. The van der Waals surface area contributed by atoms with Crippen LogP contribution in [0.4, 0.5) is 43.9 Å². The second-order valence-corrected chi connectivity index (χ2v) is 5.43. The van der Waals surface area contributed by atoms with Gasteiger partial charge in [0.1, 0.15) is 0 Å². The first-order chi connectivity index (χ1) is 6.21. The van der Waals surface area contributed by atoms with Gasteiger partial charge in [0.15, 0.2) is 0 Å². The third-order valence-electron chi connectivity index (χ3n) is 1.03. The Morgan fingerprint density at radius 2 is 0.667 bits per heavy atom. The molecule has 0 aliphatic rings. The summed E-state index contributed by atoms with van der Waals surface area (Å²) in [6.07, 6.45) is -12.8. The van der Waals surface area contributed by atoms with Crippen LogP contribution in [0.15, 0.2) is 0 Å². The van der Waals surface area contributed by atoms with E-state index in [1.54, 1.807) is 0 Å². The number of halogens is 10. The van der Waals surface area contributed by atoms with E-state index in [0.717, 1.165) is 0 Å². The molecule has 0 atom stereocenters. The minimum absolute atomic E-state index is 4.92. The third-order valence-corrected chi connectivity index (χ3v) is 3.53. The van der Waals surface area contributed by atoms with Crippen molar-refractivity contribution in [2.24, 2.45) is 0 Å². The quantitative estimate of drug-likeness (QED) is 0.543. The van der Waals surface area contributed by atoms with Crippen molar-refractivity contribution >= 4 is 15.4 Å². The molecule has 11 heteroatoms. The molecule has 0 spiro atoms. The number of rotatable bonds is 2. The van der Waals surface area contributed by atoms with Crippen LogP contribution in [-0.4, -0.2) is 37.3 Å². The molecule has 0 aromatic rings. The molecule has 90 valence electrons. The molecule has 2 radical (unpaired) electrons. The van der Waals surface area contributed by atoms with Crippen LogP contribution in [0.5, 0.6) is 0 Å². The van der Waals surface area contributed by atoms with Crippen LogP contribution >= 0.6 is 0 Å². The van der Waals surface area contributed by atoms with Gasteiger partial charge in [0.2, 0.25) is 0 Å². The molecule has 0 bridgehead atoms. The molecule has 0 aliphatic heterocycles. The van der Waals surface area contributed by atoms with Crippen LogP contribution in [0.25, 0.3) is 0 Å². The molecule has 0 rings (SSSR count). The molecular weight excluding hydrogens is 311 g/mol. The molecule has 0 saturated carbocycles. The van der Waals surface area contributed by atoms with E-state index in [4.69, 9.17) is 0 Å². The Balaban J connectivity index is 4.89. The molecule has 0 nitrogen and oxygen atoms in total. The monoisotopic (exact) mass is 312 g/mol. The zero-order chi connectivity index (χ0) is 12.7. The Morgan fingerprint density at radius 3 is 0.800 bits per heavy atom. The molecule has 0 fully saturated rings. The van der Waals surface area contributed by atoms with Gasteiger partial charge in [0.25, 0.3) is 0 Å². The normalized spacial score (nSPS) is 15.6. The molecule has 0 N–H and O–H groups in total. The topological polar surface area (TPSA) is 0 Å². The van der Waals surface area contributed by atoms with Gasteiger partial charge in [-0.1, -0.05) is 0 Å². The maximum atomic E-state index is 11.9. The number of hydrogen-bond donors (Lipinski definition) is 0. The first kappa shape index (κ1) is 14.8. The predicted molar refractivity (Wildman–Crippen MR) is 27.8 cm³/mol. The summed E-state index contributed by atoms with van der Waals surface area (Å²) in [5.41, 5.74) is 0. The summed E-state index contributed by atoms with van der Waals surface area (Å²) < 4.78 is 104. The van der Waals surface area contributed by atoms with Crippen LogP contribution in [0.3, 0.4) is 0 Å². The van der Waals surface area contributed by atoms with Crippen molar-refractivity contribution in [2.75, 3.05) is 0 Å². The van der Waals surface area contributed by atoms with E-state index in [0.29, 0.717) is 0 Å². The molecule has 0 saturated heterocycles. The number of hydrogen-bond acceptors (Lipinski definition) is 0. The first-order valence-corrected chi connectivity index (χ1v) is 4.99. The van der Waals surface area contributed by atoms with E-state index in [-0.39, 0.29) is 0 Å². The van der Waals surface area contributed by atoms with E-state index in [1.165, 1.54) is 0 Å². The molecular formula is C4F10Ge. The summed E-state index contributed by atoms with van der Waals surface area (Å²) in [7, 11) is 0. The van der Waals surface area contributed by atoms with Crippen LogP contribution < -0.4 is 0 Å². The van der Waals surface area contributed by atoms with Crippen LogP contribution in [0, 0.1) is 0 Å². The maximum absolute atomic E-state index is 11.9. The zero-order valence-electron chi connectivity index (χ0n) is 6.28. The first-order valence-electron chi connectivity index (χ1n) is 2.89. The van der Waals surface area contributed by atoms with E-state index < -0.39 is 37.3 Å². The number of alkyl halides is 10. The molecule has 0 amide bonds.